The quantitative estimate of drug-likeness (QED) is 0.658. The van der Waals surface area contributed by atoms with Crippen molar-refractivity contribution in [2.75, 3.05) is 6.61 Å². The maximum Gasteiger partial charge on any atom is 0.407 e. The van der Waals surface area contributed by atoms with Gasteiger partial charge in [0.05, 0.1) is 0 Å². The molecule has 0 heterocycles. The molecule has 0 fully saturated rings. The summed E-state index contributed by atoms with van der Waals surface area (Å²) in [5.41, 5.74) is 3.79. The van der Waals surface area contributed by atoms with Gasteiger partial charge in [0.2, 0.25) is 0 Å². The Morgan fingerprint density at radius 3 is 2.03 bits per heavy atom. The van der Waals surface area contributed by atoms with Crippen molar-refractivity contribution in [3.8, 4) is 11.1 Å². The van der Waals surface area contributed by atoms with Crippen LogP contribution in [0.5, 0.6) is 0 Å². The van der Waals surface area contributed by atoms with Crippen molar-refractivity contribution in [1.82, 2.24) is 5.32 Å². The number of ketones is 1. The summed E-state index contributed by atoms with van der Waals surface area (Å²) in [6.07, 6.45) is -0.386. The number of nitrogens with one attached hydrogen (secondary N) is 1. The molecular formula is C25H29NO5. The molecular weight excluding hydrogens is 394 g/mol. The predicted octanol–water partition coefficient (Wildman–Crippen LogP) is 4.60. The SMILES string of the molecule is CC(=O)CC[C@H](NC(=O)OCC1c2ccccc2-c2ccccc21)C(=O)OC(C)(C)C. The van der Waals surface area contributed by atoms with E-state index >= 15 is 0 Å². The molecule has 2 aromatic rings. The summed E-state index contributed by atoms with van der Waals surface area (Å²) in [6.45, 7) is 6.84. The first-order chi connectivity index (χ1) is 14.7. The van der Waals surface area contributed by atoms with Crippen molar-refractivity contribution in [3.63, 3.8) is 0 Å². The summed E-state index contributed by atoms with van der Waals surface area (Å²) in [4.78, 5) is 36.4. The number of rotatable bonds is 7. The topological polar surface area (TPSA) is 81.7 Å². The first-order valence-corrected chi connectivity index (χ1v) is 10.5. The van der Waals surface area contributed by atoms with Crippen LogP contribution in [0.15, 0.2) is 48.5 Å². The monoisotopic (exact) mass is 423 g/mol. The molecule has 1 amide bonds. The average molecular weight is 424 g/mol. The van der Waals surface area contributed by atoms with Crippen LogP contribution < -0.4 is 5.32 Å². The van der Waals surface area contributed by atoms with E-state index in [1.54, 1.807) is 20.8 Å². The molecule has 1 aliphatic carbocycles. The third-order valence-electron chi connectivity index (χ3n) is 5.11. The second kappa shape index (κ2) is 9.33. The normalized spacial score (nSPS) is 13.7. The van der Waals surface area contributed by atoms with Crippen LogP contribution in [0, 0.1) is 0 Å². The van der Waals surface area contributed by atoms with Gasteiger partial charge in [-0.3, -0.25) is 0 Å². The number of fused-ring (bicyclic) bond motifs is 3. The molecule has 0 aromatic heterocycles. The Morgan fingerprint density at radius 1 is 0.968 bits per heavy atom. The van der Waals surface area contributed by atoms with E-state index in [1.165, 1.54) is 6.92 Å². The Morgan fingerprint density at radius 2 is 1.52 bits per heavy atom. The Bertz CT molecular complexity index is 930. The Kier molecular flexibility index (Phi) is 6.78. The molecule has 164 valence electrons. The molecule has 6 nitrogen and oxygen atoms in total. The maximum absolute atomic E-state index is 12.5. The minimum Gasteiger partial charge on any atom is -0.458 e. The highest BCUT2D eigenvalue weighted by Crippen LogP contribution is 2.44. The molecule has 0 saturated carbocycles. The fourth-order valence-electron chi connectivity index (χ4n) is 3.75. The number of amides is 1. The fourth-order valence-corrected chi connectivity index (χ4v) is 3.75. The first-order valence-electron chi connectivity index (χ1n) is 10.5. The van der Waals surface area contributed by atoms with Gasteiger partial charge in [-0.15, -0.1) is 0 Å². The smallest absolute Gasteiger partial charge is 0.407 e. The molecule has 0 radical (unpaired) electrons. The molecule has 0 spiro atoms. The highest BCUT2D eigenvalue weighted by molar-refractivity contribution is 5.83. The zero-order valence-corrected chi connectivity index (χ0v) is 18.4. The molecule has 1 N–H and O–H groups in total. The second-order valence-electron chi connectivity index (χ2n) is 8.80. The van der Waals surface area contributed by atoms with E-state index in [4.69, 9.17) is 9.47 Å². The standard InChI is InChI=1S/C25H29NO5/c1-16(27)13-14-22(23(28)31-25(2,3)4)26-24(29)30-15-21-19-11-7-5-9-17(19)18-10-6-8-12-20(18)21/h5-12,21-22H,13-15H2,1-4H3,(H,26,29)/t22-/m0/s1. The van der Waals surface area contributed by atoms with Gasteiger partial charge in [-0.05, 0) is 56.4 Å². The molecule has 1 atom stereocenters. The van der Waals surface area contributed by atoms with Gasteiger partial charge >= 0.3 is 12.1 Å². The van der Waals surface area contributed by atoms with Crippen molar-refractivity contribution in [2.45, 2.75) is 58.1 Å². The molecule has 31 heavy (non-hydrogen) atoms. The minimum absolute atomic E-state index is 0.0668. The van der Waals surface area contributed by atoms with E-state index in [9.17, 15) is 14.4 Å². The lowest BCUT2D eigenvalue weighted by Crippen LogP contribution is -2.44. The average Bonchev–Trinajstić information content (AvgIpc) is 3.02. The third-order valence-corrected chi connectivity index (χ3v) is 5.11. The molecule has 0 unspecified atom stereocenters. The maximum atomic E-state index is 12.5. The van der Waals surface area contributed by atoms with Crippen molar-refractivity contribution < 1.29 is 23.9 Å². The zero-order chi connectivity index (χ0) is 22.6. The lowest BCUT2D eigenvalue weighted by molar-refractivity contribution is -0.157. The minimum atomic E-state index is -0.946. The van der Waals surface area contributed by atoms with Crippen molar-refractivity contribution in [1.29, 1.82) is 0 Å². The van der Waals surface area contributed by atoms with E-state index in [0.29, 0.717) is 0 Å². The second-order valence-corrected chi connectivity index (χ2v) is 8.80. The van der Waals surface area contributed by atoms with E-state index in [-0.39, 0.29) is 31.1 Å². The van der Waals surface area contributed by atoms with Gasteiger partial charge in [-0.2, -0.15) is 0 Å². The Labute approximate surface area is 182 Å². The Balaban J connectivity index is 1.67. The van der Waals surface area contributed by atoms with Gasteiger partial charge in [-0.25, -0.2) is 9.59 Å². The highest BCUT2D eigenvalue weighted by Gasteiger charge is 2.31. The van der Waals surface area contributed by atoms with Crippen molar-refractivity contribution in [3.05, 3.63) is 59.7 Å². The third kappa shape index (κ3) is 5.72. The summed E-state index contributed by atoms with van der Waals surface area (Å²) in [7, 11) is 0. The van der Waals surface area contributed by atoms with E-state index < -0.39 is 23.7 Å². The number of ether oxygens (including phenoxy) is 2. The lowest BCUT2D eigenvalue weighted by Gasteiger charge is -2.24. The summed E-state index contributed by atoms with van der Waals surface area (Å²) in [5.74, 6) is -0.722. The van der Waals surface area contributed by atoms with Gasteiger partial charge < -0.3 is 19.6 Å². The molecule has 2 aromatic carbocycles. The van der Waals surface area contributed by atoms with Crippen LogP contribution in [0.25, 0.3) is 11.1 Å². The highest BCUT2D eigenvalue weighted by atomic mass is 16.6. The molecule has 0 aliphatic heterocycles. The summed E-state index contributed by atoms with van der Waals surface area (Å²) >= 11 is 0. The number of carbonyl (C=O) groups is 3. The number of benzene rings is 2. The van der Waals surface area contributed by atoms with Gasteiger partial charge in [0.15, 0.2) is 0 Å². The molecule has 0 bridgehead atoms. The number of hydrogen-bond acceptors (Lipinski definition) is 5. The van der Waals surface area contributed by atoms with E-state index in [0.717, 1.165) is 22.3 Å². The summed E-state index contributed by atoms with van der Waals surface area (Å²) in [6, 6.07) is 15.2. The number of hydrogen-bond donors (Lipinski definition) is 1. The number of alkyl carbamates (subject to hydrolysis) is 1. The van der Waals surface area contributed by atoms with Crippen LogP contribution in [0.4, 0.5) is 4.79 Å². The van der Waals surface area contributed by atoms with Crippen LogP contribution in [-0.4, -0.2) is 36.1 Å². The molecule has 3 rings (SSSR count). The number of esters is 1. The van der Waals surface area contributed by atoms with Gasteiger partial charge in [0, 0.05) is 12.3 Å². The van der Waals surface area contributed by atoms with E-state index in [1.807, 2.05) is 36.4 Å². The summed E-state index contributed by atoms with van der Waals surface area (Å²) in [5, 5.41) is 2.58. The van der Waals surface area contributed by atoms with Crippen LogP contribution in [0.3, 0.4) is 0 Å². The zero-order valence-electron chi connectivity index (χ0n) is 18.4. The predicted molar refractivity (Wildman–Crippen MR) is 118 cm³/mol. The Hall–Kier alpha value is -3.15. The molecule has 6 heteroatoms. The summed E-state index contributed by atoms with van der Waals surface area (Å²) < 4.78 is 10.9. The number of carbonyl (C=O) groups excluding carboxylic acids is 3. The van der Waals surface area contributed by atoms with Gasteiger partial charge in [0.1, 0.15) is 24.0 Å². The van der Waals surface area contributed by atoms with E-state index in [2.05, 4.69) is 17.4 Å². The van der Waals surface area contributed by atoms with Crippen molar-refractivity contribution in [2.24, 2.45) is 0 Å². The van der Waals surface area contributed by atoms with Crippen molar-refractivity contribution >= 4 is 17.8 Å². The van der Waals surface area contributed by atoms with Gasteiger partial charge in [0.25, 0.3) is 0 Å². The molecule has 0 saturated heterocycles. The first kappa shape index (κ1) is 22.5. The number of Topliss-reactive ketones (excluding diaryl/α,β-unsaturated/α-hetero) is 1. The fraction of sp³-hybridized carbons (Fsp3) is 0.400. The largest absolute Gasteiger partial charge is 0.458 e. The van der Waals surface area contributed by atoms with Gasteiger partial charge in [-0.1, -0.05) is 48.5 Å². The van der Waals surface area contributed by atoms with Crippen LogP contribution in [0.1, 0.15) is 57.6 Å². The van der Waals surface area contributed by atoms with Crippen LogP contribution in [0.2, 0.25) is 0 Å². The van der Waals surface area contributed by atoms with Crippen LogP contribution in [-0.2, 0) is 19.1 Å². The van der Waals surface area contributed by atoms with Crippen LogP contribution >= 0.6 is 0 Å². The lowest BCUT2D eigenvalue weighted by atomic mass is 9.98. The molecule has 1 aliphatic rings.